The molecule has 0 radical (unpaired) electrons. The van der Waals surface area contributed by atoms with Crippen molar-refractivity contribution < 1.29 is 4.79 Å². The standard InChI is InChI=1S/C16H17BrN2O/c1-2-11-5-3-4-6-12(11)10-19-16(20)13-7-14(17)9-15(18)8-13/h3-9H,2,10,18H2,1H3,(H,19,20). The van der Waals surface area contributed by atoms with Gasteiger partial charge in [-0.25, -0.2) is 0 Å². The number of hydrogen-bond acceptors (Lipinski definition) is 2. The number of nitrogens with two attached hydrogens (primary N) is 1. The van der Waals surface area contributed by atoms with E-state index >= 15 is 0 Å². The smallest absolute Gasteiger partial charge is 0.251 e. The Kier molecular flexibility index (Phi) is 4.79. The van der Waals surface area contributed by atoms with Gasteiger partial charge in [-0.15, -0.1) is 0 Å². The van der Waals surface area contributed by atoms with Crippen molar-refractivity contribution in [1.29, 1.82) is 0 Å². The largest absolute Gasteiger partial charge is 0.399 e. The van der Waals surface area contributed by atoms with Crippen LogP contribution < -0.4 is 11.1 Å². The SMILES string of the molecule is CCc1ccccc1CNC(=O)c1cc(N)cc(Br)c1. The summed E-state index contributed by atoms with van der Waals surface area (Å²) in [4.78, 5) is 12.1. The van der Waals surface area contributed by atoms with Gasteiger partial charge in [0.1, 0.15) is 0 Å². The first kappa shape index (κ1) is 14.6. The van der Waals surface area contributed by atoms with Crippen LogP contribution in [0.3, 0.4) is 0 Å². The summed E-state index contributed by atoms with van der Waals surface area (Å²) in [7, 11) is 0. The van der Waals surface area contributed by atoms with E-state index < -0.39 is 0 Å². The van der Waals surface area contributed by atoms with E-state index in [9.17, 15) is 4.79 Å². The van der Waals surface area contributed by atoms with Crippen LogP contribution in [0.2, 0.25) is 0 Å². The molecule has 0 heterocycles. The number of halogens is 1. The summed E-state index contributed by atoms with van der Waals surface area (Å²) in [6, 6.07) is 13.3. The third-order valence-electron chi connectivity index (χ3n) is 3.12. The van der Waals surface area contributed by atoms with Gasteiger partial charge in [-0.05, 0) is 35.7 Å². The van der Waals surface area contributed by atoms with Crippen LogP contribution in [0, 0.1) is 0 Å². The van der Waals surface area contributed by atoms with Crippen LogP contribution in [0.4, 0.5) is 5.69 Å². The average molecular weight is 333 g/mol. The van der Waals surface area contributed by atoms with Crippen molar-refractivity contribution in [3.63, 3.8) is 0 Å². The highest BCUT2D eigenvalue weighted by atomic mass is 79.9. The highest BCUT2D eigenvalue weighted by Gasteiger charge is 2.08. The monoisotopic (exact) mass is 332 g/mol. The summed E-state index contributed by atoms with van der Waals surface area (Å²) >= 11 is 3.34. The quantitative estimate of drug-likeness (QED) is 0.841. The van der Waals surface area contributed by atoms with Gasteiger partial charge >= 0.3 is 0 Å². The normalized spacial score (nSPS) is 10.3. The van der Waals surface area contributed by atoms with E-state index in [1.165, 1.54) is 5.56 Å². The second kappa shape index (κ2) is 6.57. The predicted octanol–water partition coefficient (Wildman–Crippen LogP) is 3.52. The van der Waals surface area contributed by atoms with Crippen molar-refractivity contribution >= 4 is 27.5 Å². The molecule has 0 saturated carbocycles. The van der Waals surface area contributed by atoms with Gasteiger partial charge in [-0.1, -0.05) is 47.1 Å². The molecular formula is C16H17BrN2O. The zero-order valence-corrected chi connectivity index (χ0v) is 12.9. The Hall–Kier alpha value is -1.81. The predicted molar refractivity (Wildman–Crippen MR) is 85.5 cm³/mol. The fourth-order valence-electron chi connectivity index (χ4n) is 2.10. The molecule has 104 valence electrons. The molecule has 4 heteroatoms. The number of hydrogen-bond donors (Lipinski definition) is 2. The van der Waals surface area contributed by atoms with Crippen LogP contribution in [-0.2, 0) is 13.0 Å². The van der Waals surface area contributed by atoms with E-state index in [1.54, 1.807) is 18.2 Å². The van der Waals surface area contributed by atoms with Gasteiger partial charge in [0, 0.05) is 22.3 Å². The first-order chi connectivity index (χ1) is 9.60. The van der Waals surface area contributed by atoms with Crippen LogP contribution in [0.25, 0.3) is 0 Å². The lowest BCUT2D eigenvalue weighted by atomic mass is 10.1. The first-order valence-electron chi connectivity index (χ1n) is 6.51. The molecule has 0 aliphatic rings. The van der Waals surface area contributed by atoms with Gasteiger partial charge < -0.3 is 11.1 Å². The Morgan fingerprint density at radius 3 is 2.55 bits per heavy atom. The molecule has 0 aromatic heterocycles. The van der Waals surface area contributed by atoms with Gasteiger partial charge in [-0.3, -0.25) is 4.79 Å². The number of carbonyl (C=O) groups is 1. The summed E-state index contributed by atoms with van der Waals surface area (Å²) in [5.41, 5.74) is 9.27. The van der Waals surface area contributed by atoms with Crippen LogP contribution >= 0.6 is 15.9 Å². The Morgan fingerprint density at radius 1 is 1.20 bits per heavy atom. The van der Waals surface area contributed by atoms with E-state index in [0.717, 1.165) is 16.5 Å². The third-order valence-corrected chi connectivity index (χ3v) is 3.58. The van der Waals surface area contributed by atoms with Crippen LogP contribution in [0.5, 0.6) is 0 Å². The maximum Gasteiger partial charge on any atom is 0.251 e. The number of nitrogen functional groups attached to an aromatic ring is 1. The molecule has 0 spiro atoms. The number of aryl methyl sites for hydroxylation is 1. The fraction of sp³-hybridized carbons (Fsp3) is 0.188. The van der Waals surface area contributed by atoms with Crippen molar-refractivity contribution in [2.75, 3.05) is 5.73 Å². The Balaban J connectivity index is 2.08. The fourth-order valence-corrected chi connectivity index (χ4v) is 2.61. The van der Waals surface area contributed by atoms with Gasteiger partial charge in [0.25, 0.3) is 5.91 Å². The van der Waals surface area contributed by atoms with Gasteiger partial charge in [-0.2, -0.15) is 0 Å². The molecule has 0 atom stereocenters. The third kappa shape index (κ3) is 3.61. The minimum absolute atomic E-state index is 0.121. The number of amides is 1. The molecule has 0 aliphatic carbocycles. The Labute approximate surface area is 127 Å². The molecule has 20 heavy (non-hydrogen) atoms. The second-order valence-electron chi connectivity index (χ2n) is 4.58. The van der Waals surface area contributed by atoms with E-state index in [2.05, 4.69) is 34.2 Å². The molecule has 3 nitrogen and oxygen atoms in total. The summed E-state index contributed by atoms with van der Waals surface area (Å²) in [6.45, 7) is 2.63. The van der Waals surface area contributed by atoms with E-state index in [-0.39, 0.29) is 5.91 Å². The molecule has 2 rings (SSSR count). The summed E-state index contributed by atoms with van der Waals surface area (Å²) < 4.78 is 0.802. The highest BCUT2D eigenvalue weighted by molar-refractivity contribution is 9.10. The van der Waals surface area contributed by atoms with Crippen LogP contribution in [0.1, 0.15) is 28.4 Å². The Morgan fingerprint density at radius 2 is 1.90 bits per heavy atom. The topological polar surface area (TPSA) is 55.1 Å². The summed E-state index contributed by atoms with van der Waals surface area (Å²) in [6.07, 6.45) is 0.954. The minimum Gasteiger partial charge on any atom is -0.399 e. The molecule has 0 saturated heterocycles. The van der Waals surface area contributed by atoms with Gasteiger partial charge in [0.15, 0.2) is 0 Å². The molecule has 1 amide bonds. The van der Waals surface area contributed by atoms with E-state index in [0.29, 0.717) is 17.8 Å². The molecule has 0 unspecified atom stereocenters. The molecule has 2 aromatic carbocycles. The first-order valence-corrected chi connectivity index (χ1v) is 7.30. The van der Waals surface area contributed by atoms with E-state index in [4.69, 9.17) is 5.73 Å². The number of anilines is 1. The van der Waals surface area contributed by atoms with Crippen molar-refractivity contribution in [2.24, 2.45) is 0 Å². The number of nitrogens with one attached hydrogen (secondary N) is 1. The zero-order chi connectivity index (χ0) is 14.5. The van der Waals surface area contributed by atoms with Crippen molar-refractivity contribution in [3.8, 4) is 0 Å². The summed E-state index contributed by atoms with van der Waals surface area (Å²) in [5.74, 6) is -0.121. The molecule has 0 bridgehead atoms. The molecule has 0 aliphatic heterocycles. The number of benzene rings is 2. The molecule has 3 N–H and O–H groups in total. The van der Waals surface area contributed by atoms with Gasteiger partial charge in [0.2, 0.25) is 0 Å². The lowest BCUT2D eigenvalue weighted by Crippen LogP contribution is -2.23. The summed E-state index contributed by atoms with van der Waals surface area (Å²) in [5, 5.41) is 2.93. The maximum absolute atomic E-state index is 12.1. The number of rotatable bonds is 4. The molecule has 2 aromatic rings. The Bertz CT molecular complexity index is 605. The highest BCUT2D eigenvalue weighted by Crippen LogP contribution is 2.17. The molecule has 0 fully saturated rings. The zero-order valence-electron chi connectivity index (χ0n) is 11.3. The number of carbonyl (C=O) groups excluding carboxylic acids is 1. The van der Waals surface area contributed by atoms with E-state index in [1.807, 2.05) is 18.2 Å². The van der Waals surface area contributed by atoms with Crippen molar-refractivity contribution in [1.82, 2.24) is 5.32 Å². The maximum atomic E-state index is 12.1. The van der Waals surface area contributed by atoms with Gasteiger partial charge in [0.05, 0.1) is 0 Å². The average Bonchev–Trinajstić information content (AvgIpc) is 2.44. The van der Waals surface area contributed by atoms with Crippen LogP contribution in [-0.4, -0.2) is 5.91 Å². The lowest BCUT2D eigenvalue weighted by molar-refractivity contribution is 0.0951. The minimum atomic E-state index is -0.121. The van der Waals surface area contributed by atoms with Crippen molar-refractivity contribution in [3.05, 3.63) is 63.6 Å². The van der Waals surface area contributed by atoms with Crippen molar-refractivity contribution in [2.45, 2.75) is 19.9 Å². The lowest BCUT2D eigenvalue weighted by Gasteiger charge is -2.10. The molecular weight excluding hydrogens is 316 g/mol. The second-order valence-corrected chi connectivity index (χ2v) is 5.49. The van der Waals surface area contributed by atoms with Crippen LogP contribution in [0.15, 0.2) is 46.9 Å².